The Morgan fingerprint density at radius 1 is 1.21 bits per heavy atom. The molecule has 1 rings (SSSR count). The lowest BCUT2D eigenvalue weighted by Gasteiger charge is -2.19. The van der Waals surface area contributed by atoms with E-state index in [-0.39, 0.29) is 6.07 Å². The number of hydrogen-bond donors (Lipinski definition) is 3. The third-order valence-corrected chi connectivity index (χ3v) is 4.10. The average molecular weight is 373 g/mol. The zero-order valence-corrected chi connectivity index (χ0v) is 12.5. The molecule has 0 heterocycles. The summed E-state index contributed by atoms with van der Waals surface area (Å²) in [7, 11) is -4.51. The van der Waals surface area contributed by atoms with Gasteiger partial charge in [0.15, 0.2) is 0 Å². The van der Waals surface area contributed by atoms with Crippen molar-refractivity contribution in [2.45, 2.75) is 18.6 Å². The monoisotopic (exact) mass is 373 g/mol. The van der Waals surface area contributed by atoms with E-state index < -0.39 is 63.3 Å². The lowest BCUT2D eigenvalue weighted by molar-refractivity contribution is -0.142. The molecule has 0 aliphatic rings. The zero-order valence-electron chi connectivity index (χ0n) is 11.7. The predicted molar refractivity (Wildman–Crippen MR) is 71.0 cm³/mol. The third-order valence-electron chi connectivity index (χ3n) is 2.76. The number of alkyl halides is 3. The molecule has 24 heavy (non-hydrogen) atoms. The minimum atomic E-state index is -5.13. The molecule has 0 saturated carbocycles. The summed E-state index contributed by atoms with van der Waals surface area (Å²) in [6.07, 6.45) is -6.01. The molecule has 134 valence electrons. The molecule has 0 amide bonds. The largest absolute Gasteiger partial charge is 0.481 e. The summed E-state index contributed by atoms with van der Waals surface area (Å²) >= 11 is 0. The van der Waals surface area contributed by atoms with E-state index in [1.807, 2.05) is 0 Å². The molecule has 1 aromatic rings. The molecule has 0 bridgehead atoms. The van der Waals surface area contributed by atoms with Crippen molar-refractivity contribution in [3.8, 4) is 0 Å². The first-order valence-electron chi connectivity index (χ1n) is 6.15. The Balaban J connectivity index is 3.28. The van der Waals surface area contributed by atoms with Crippen molar-refractivity contribution < 1.29 is 45.8 Å². The van der Waals surface area contributed by atoms with Crippen LogP contribution in [-0.4, -0.2) is 36.3 Å². The number of carboxylic acid groups (broad SMARTS) is 2. The Morgan fingerprint density at radius 3 is 2.25 bits per heavy atom. The van der Waals surface area contributed by atoms with E-state index in [1.165, 1.54) is 4.72 Å². The molecule has 1 aromatic carbocycles. The maximum absolute atomic E-state index is 13.0. The Morgan fingerprint density at radius 2 is 1.79 bits per heavy atom. The van der Waals surface area contributed by atoms with Gasteiger partial charge in [0.05, 0.1) is 17.7 Å². The molecular formula is C12H11F4NO6S. The first-order valence-corrected chi connectivity index (χ1v) is 7.80. The van der Waals surface area contributed by atoms with E-state index >= 15 is 0 Å². The van der Waals surface area contributed by atoms with Gasteiger partial charge in [0.2, 0.25) is 10.0 Å². The van der Waals surface area contributed by atoms with Crippen molar-refractivity contribution in [2.24, 2.45) is 0 Å². The van der Waals surface area contributed by atoms with Crippen LogP contribution in [0.4, 0.5) is 17.6 Å². The van der Waals surface area contributed by atoms with Gasteiger partial charge in [-0.3, -0.25) is 9.59 Å². The quantitative estimate of drug-likeness (QED) is 0.621. The predicted octanol–water partition coefficient (Wildman–Crippen LogP) is 1.36. The molecule has 0 aliphatic carbocycles. The van der Waals surface area contributed by atoms with E-state index in [1.54, 1.807) is 0 Å². The summed E-state index contributed by atoms with van der Waals surface area (Å²) in [6, 6.07) is -1.28. The minimum Gasteiger partial charge on any atom is -0.481 e. The van der Waals surface area contributed by atoms with Crippen LogP contribution < -0.4 is 4.72 Å². The number of sulfonamides is 1. The number of nitrogens with one attached hydrogen (secondary N) is 1. The fourth-order valence-electron chi connectivity index (χ4n) is 1.73. The normalized spacial score (nSPS) is 13.5. The number of benzene rings is 1. The average Bonchev–Trinajstić information content (AvgIpc) is 2.42. The third kappa shape index (κ3) is 5.45. The first-order chi connectivity index (χ1) is 10.8. The van der Waals surface area contributed by atoms with Crippen LogP contribution in [0.15, 0.2) is 18.2 Å². The van der Waals surface area contributed by atoms with Crippen molar-refractivity contribution in [3.63, 3.8) is 0 Å². The maximum Gasteiger partial charge on any atom is 0.416 e. The van der Waals surface area contributed by atoms with Gasteiger partial charge in [-0.05, 0) is 17.7 Å². The van der Waals surface area contributed by atoms with E-state index in [0.717, 1.165) is 0 Å². The molecule has 7 nitrogen and oxygen atoms in total. The second kappa shape index (κ2) is 7.13. The second-order valence-electron chi connectivity index (χ2n) is 4.58. The highest BCUT2D eigenvalue weighted by Gasteiger charge is 2.38. The number of carboxylic acids is 2. The van der Waals surface area contributed by atoms with Crippen LogP contribution in [0.1, 0.15) is 23.6 Å². The van der Waals surface area contributed by atoms with E-state index in [9.17, 15) is 35.6 Å². The highest BCUT2D eigenvalue weighted by molar-refractivity contribution is 7.89. The van der Waals surface area contributed by atoms with Crippen LogP contribution in [0.2, 0.25) is 0 Å². The second-order valence-corrected chi connectivity index (χ2v) is 6.45. The maximum atomic E-state index is 13.0. The smallest absolute Gasteiger partial charge is 0.416 e. The highest BCUT2D eigenvalue weighted by Crippen LogP contribution is 2.35. The summed E-state index contributed by atoms with van der Waals surface area (Å²) in [5.74, 6) is -5.78. The molecular weight excluding hydrogens is 362 g/mol. The number of hydrogen-bond acceptors (Lipinski definition) is 4. The summed E-state index contributed by atoms with van der Waals surface area (Å²) < 4.78 is 76.6. The van der Waals surface area contributed by atoms with E-state index in [4.69, 9.17) is 10.2 Å². The van der Waals surface area contributed by atoms with Gasteiger partial charge in [-0.2, -0.15) is 17.9 Å². The Labute approximate surface area is 133 Å². The fourth-order valence-corrected chi connectivity index (χ4v) is 2.88. The molecule has 0 fully saturated rings. The SMILES string of the molecule is O=C(O)CCS(=O)(=O)NC(C(=O)O)c1ccc(F)cc1C(F)(F)F. The van der Waals surface area contributed by atoms with Crippen molar-refractivity contribution in [1.82, 2.24) is 4.72 Å². The van der Waals surface area contributed by atoms with Crippen LogP contribution in [0.3, 0.4) is 0 Å². The van der Waals surface area contributed by atoms with Crippen LogP contribution in [0.5, 0.6) is 0 Å². The van der Waals surface area contributed by atoms with Gasteiger partial charge in [-0.1, -0.05) is 6.07 Å². The molecule has 12 heteroatoms. The van der Waals surface area contributed by atoms with Crippen LogP contribution in [-0.2, 0) is 25.8 Å². The van der Waals surface area contributed by atoms with Crippen molar-refractivity contribution in [1.29, 1.82) is 0 Å². The summed E-state index contributed by atoms with van der Waals surface area (Å²) in [6.45, 7) is 0. The fraction of sp³-hybridized carbons (Fsp3) is 0.333. The summed E-state index contributed by atoms with van der Waals surface area (Å²) in [5.41, 5.74) is -2.67. The van der Waals surface area contributed by atoms with Gasteiger partial charge in [-0.25, -0.2) is 12.8 Å². The summed E-state index contributed by atoms with van der Waals surface area (Å²) in [4.78, 5) is 21.5. The number of rotatable bonds is 7. The van der Waals surface area contributed by atoms with Gasteiger partial charge in [0.25, 0.3) is 0 Å². The molecule has 1 unspecified atom stereocenters. The van der Waals surface area contributed by atoms with E-state index in [0.29, 0.717) is 12.1 Å². The molecule has 0 aliphatic heterocycles. The Bertz CT molecular complexity index is 746. The molecule has 1 atom stereocenters. The highest BCUT2D eigenvalue weighted by atomic mass is 32.2. The summed E-state index contributed by atoms with van der Waals surface area (Å²) in [5, 5.41) is 17.4. The number of aliphatic carboxylic acids is 2. The van der Waals surface area contributed by atoms with E-state index in [2.05, 4.69) is 0 Å². The van der Waals surface area contributed by atoms with Gasteiger partial charge in [-0.15, -0.1) is 0 Å². The molecule has 0 saturated heterocycles. The van der Waals surface area contributed by atoms with Gasteiger partial charge < -0.3 is 10.2 Å². The van der Waals surface area contributed by atoms with Crippen LogP contribution >= 0.6 is 0 Å². The minimum absolute atomic E-state index is 0.0385. The zero-order chi connectivity index (χ0) is 18.7. The first kappa shape index (κ1) is 19.8. The van der Waals surface area contributed by atoms with Crippen LogP contribution in [0.25, 0.3) is 0 Å². The van der Waals surface area contributed by atoms with Crippen molar-refractivity contribution in [2.75, 3.05) is 5.75 Å². The van der Waals surface area contributed by atoms with Gasteiger partial charge in [0.1, 0.15) is 11.9 Å². The van der Waals surface area contributed by atoms with Gasteiger partial charge in [0, 0.05) is 0 Å². The molecule has 0 spiro atoms. The van der Waals surface area contributed by atoms with Crippen LogP contribution in [0, 0.1) is 5.82 Å². The Kier molecular flexibility index (Phi) is 5.89. The molecule has 0 aromatic heterocycles. The number of carbonyl (C=O) groups is 2. The lowest BCUT2D eigenvalue weighted by Crippen LogP contribution is -2.37. The molecule has 0 radical (unpaired) electrons. The van der Waals surface area contributed by atoms with Crippen molar-refractivity contribution >= 4 is 22.0 Å². The standard InChI is InChI=1S/C12H11F4NO6S/c13-6-1-2-7(8(5-6)12(14,15)16)10(11(20)21)17-24(22,23)4-3-9(18)19/h1-2,5,10,17H,3-4H2,(H,18,19)(H,20,21). The molecule has 3 N–H and O–H groups in total. The van der Waals surface area contributed by atoms with Crippen molar-refractivity contribution in [3.05, 3.63) is 35.1 Å². The topological polar surface area (TPSA) is 121 Å². The number of halogens is 4. The van der Waals surface area contributed by atoms with Gasteiger partial charge >= 0.3 is 18.1 Å². The Hall–Kier alpha value is -2.21. The lowest BCUT2D eigenvalue weighted by atomic mass is 10.0.